The van der Waals surface area contributed by atoms with Crippen molar-refractivity contribution in [3.63, 3.8) is 0 Å². The standard InChI is InChI=1S/C34H52N4O5Si/c1-21-28(22(2)42-38-21)29-27(20-39)32(35-25-15-17-40-18-16-25)37-31(36-29)24-13-12-14-26(19-24)41-30(33(4,5)6)23(3)43-44(10,11)34(7,8)9/h12-14,19,23,25,30,39H,15-18,20H2,1-11H3,(H,35,36,37). The number of nitrogens with one attached hydrogen (secondary N) is 1. The Labute approximate surface area is 264 Å². The molecule has 0 aliphatic carbocycles. The zero-order valence-electron chi connectivity index (χ0n) is 28.5. The van der Waals surface area contributed by atoms with E-state index in [2.05, 4.69) is 72.0 Å². The number of aliphatic hydroxyl groups is 1. The second-order valence-electron chi connectivity index (χ2n) is 14.6. The van der Waals surface area contributed by atoms with Gasteiger partial charge in [0.25, 0.3) is 0 Å². The predicted octanol–water partition coefficient (Wildman–Crippen LogP) is 7.70. The summed E-state index contributed by atoms with van der Waals surface area (Å²) in [5, 5.41) is 18.4. The molecule has 1 aliphatic heterocycles. The zero-order valence-corrected chi connectivity index (χ0v) is 29.5. The second-order valence-corrected chi connectivity index (χ2v) is 19.4. The molecule has 0 bridgehead atoms. The zero-order chi connectivity index (χ0) is 32.4. The third-order valence-electron chi connectivity index (χ3n) is 8.92. The largest absolute Gasteiger partial charge is 0.487 e. The molecule has 0 spiro atoms. The van der Waals surface area contributed by atoms with Gasteiger partial charge in [0.15, 0.2) is 14.1 Å². The number of nitrogens with zero attached hydrogens (tertiary/aromatic N) is 3. The minimum absolute atomic E-state index is 0.0942. The maximum atomic E-state index is 10.5. The van der Waals surface area contributed by atoms with Crippen LogP contribution >= 0.6 is 0 Å². The van der Waals surface area contributed by atoms with Crippen LogP contribution in [0.5, 0.6) is 5.75 Å². The molecule has 1 saturated heterocycles. The fourth-order valence-corrected chi connectivity index (χ4v) is 6.89. The average molecular weight is 625 g/mol. The van der Waals surface area contributed by atoms with Crippen molar-refractivity contribution in [2.75, 3.05) is 18.5 Å². The molecule has 2 aromatic heterocycles. The molecule has 3 heterocycles. The number of aryl methyl sites for hydroxylation is 2. The third-order valence-corrected chi connectivity index (χ3v) is 13.5. The lowest BCUT2D eigenvalue weighted by Crippen LogP contribution is -2.50. The first-order chi connectivity index (χ1) is 20.5. The van der Waals surface area contributed by atoms with E-state index in [1.807, 2.05) is 38.1 Å². The van der Waals surface area contributed by atoms with Crippen molar-refractivity contribution < 1.29 is 23.5 Å². The first kappa shape index (κ1) is 34.1. The van der Waals surface area contributed by atoms with Crippen molar-refractivity contribution in [3.05, 3.63) is 41.3 Å². The van der Waals surface area contributed by atoms with Crippen LogP contribution in [0.15, 0.2) is 28.8 Å². The van der Waals surface area contributed by atoms with Gasteiger partial charge in [-0.2, -0.15) is 0 Å². The van der Waals surface area contributed by atoms with E-state index in [4.69, 9.17) is 28.4 Å². The van der Waals surface area contributed by atoms with Crippen LogP contribution in [0.3, 0.4) is 0 Å². The highest BCUT2D eigenvalue weighted by Gasteiger charge is 2.42. The number of aromatic nitrogens is 3. The Morgan fingerprint density at radius 2 is 1.75 bits per heavy atom. The van der Waals surface area contributed by atoms with Gasteiger partial charge in [0.1, 0.15) is 23.4 Å². The first-order valence-electron chi connectivity index (χ1n) is 15.8. The van der Waals surface area contributed by atoms with Gasteiger partial charge in [-0.05, 0) is 63.9 Å². The summed E-state index contributed by atoms with van der Waals surface area (Å²) in [6.07, 6.45) is 1.42. The summed E-state index contributed by atoms with van der Waals surface area (Å²) in [5.41, 5.74) is 3.34. The van der Waals surface area contributed by atoms with E-state index in [1.54, 1.807) is 0 Å². The molecule has 3 aromatic rings. The molecule has 0 radical (unpaired) electrons. The van der Waals surface area contributed by atoms with Gasteiger partial charge in [-0.15, -0.1) is 0 Å². The SMILES string of the molecule is Cc1noc(C)c1-c1nc(-c2cccc(OC(C(C)O[Si](C)(C)C(C)(C)C)C(C)(C)C)c2)nc(NC2CCOCC2)c1CO. The van der Waals surface area contributed by atoms with Crippen molar-refractivity contribution in [3.8, 4) is 28.4 Å². The molecule has 242 valence electrons. The summed E-state index contributed by atoms with van der Waals surface area (Å²) < 4.78 is 24.6. The summed E-state index contributed by atoms with van der Waals surface area (Å²) in [6, 6.07) is 8.09. The Morgan fingerprint density at radius 3 is 2.32 bits per heavy atom. The van der Waals surface area contributed by atoms with Crippen molar-refractivity contribution in [1.29, 1.82) is 0 Å². The molecule has 1 aliphatic rings. The molecule has 1 fully saturated rings. The van der Waals surface area contributed by atoms with E-state index < -0.39 is 8.32 Å². The van der Waals surface area contributed by atoms with Gasteiger partial charge >= 0.3 is 0 Å². The summed E-state index contributed by atoms with van der Waals surface area (Å²) >= 11 is 0. The minimum atomic E-state index is -2.01. The lowest BCUT2D eigenvalue weighted by atomic mass is 9.86. The second kappa shape index (κ2) is 13.3. The molecule has 2 unspecified atom stereocenters. The van der Waals surface area contributed by atoms with Crippen molar-refractivity contribution >= 4 is 14.1 Å². The number of anilines is 1. The number of hydrogen-bond donors (Lipinski definition) is 2. The lowest BCUT2D eigenvalue weighted by Gasteiger charge is -2.43. The van der Waals surface area contributed by atoms with Crippen LogP contribution in [-0.2, 0) is 15.8 Å². The Hall–Kier alpha value is -2.79. The Bertz CT molecular complexity index is 1400. The maximum Gasteiger partial charge on any atom is 0.192 e. The van der Waals surface area contributed by atoms with E-state index >= 15 is 0 Å². The van der Waals surface area contributed by atoms with Crippen LogP contribution in [-0.4, -0.2) is 60.0 Å². The summed E-state index contributed by atoms with van der Waals surface area (Å²) in [6.45, 7) is 24.9. The molecule has 10 heteroatoms. The number of aliphatic hydroxyl groups excluding tert-OH is 1. The highest BCUT2D eigenvalue weighted by molar-refractivity contribution is 6.74. The molecule has 4 rings (SSSR count). The fraction of sp³-hybridized carbons (Fsp3) is 0.618. The number of benzene rings is 1. The van der Waals surface area contributed by atoms with Crippen molar-refractivity contribution in [2.45, 2.75) is 118 Å². The van der Waals surface area contributed by atoms with E-state index in [0.29, 0.717) is 47.6 Å². The van der Waals surface area contributed by atoms with Gasteiger partial charge in [-0.3, -0.25) is 0 Å². The molecule has 2 atom stereocenters. The molecule has 9 nitrogen and oxygen atoms in total. The Balaban J connectivity index is 1.75. The molecular weight excluding hydrogens is 572 g/mol. The molecule has 0 amide bonds. The van der Waals surface area contributed by atoms with Crippen LogP contribution in [0.25, 0.3) is 22.6 Å². The van der Waals surface area contributed by atoms with Crippen molar-refractivity contribution in [2.24, 2.45) is 5.41 Å². The number of rotatable bonds is 10. The van der Waals surface area contributed by atoms with Gasteiger partial charge in [0.05, 0.1) is 29.7 Å². The van der Waals surface area contributed by atoms with E-state index in [1.165, 1.54) is 0 Å². The molecule has 0 saturated carbocycles. The van der Waals surface area contributed by atoms with Crippen LogP contribution in [0.1, 0.15) is 78.3 Å². The highest BCUT2D eigenvalue weighted by Crippen LogP contribution is 2.40. The first-order valence-corrected chi connectivity index (χ1v) is 18.7. The number of ether oxygens (including phenoxy) is 2. The monoisotopic (exact) mass is 624 g/mol. The molecule has 2 N–H and O–H groups in total. The Morgan fingerprint density at radius 1 is 1.07 bits per heavy atom. The molecular formula is C34H52N4O5Si. The Kier molecular flexibility index (Phi) is 10.3. The van der Waals surface area contributed by atoms with Gasteiger partial charge < -0.3 is 28.8 Å². The smallest absolute Gasteiger partial charge is 0.192 e. The van der Waals surface area contributed by atoms with Gasteiger partial charge in [-0.25, -0.2) is 9.97 Å². The predicted molar refractivity (Wildman–Crippen MR) is 177 cm³/mol. The summed E-state index contributed by atoms with van der Waals surface area (Å²) in [5.74, 6) is 2.49. The quantitative estimate of drug-likeness (QED) is 0.219. The van der Waals surface area contributed by atoms with E-state index in [9.17, 15) is 5.11 Å². The summed E-state index contributed by atoms with van der Waals surface area (Å²) in [4.78, 5) is 9.97. The topological polar surface area (TPSA) is 112 Å². The van der Waals surface area contributed by atoms with Gasteiger partial charge in [0.2, 0.25) is 0 Å². The maximum absolute atomic E-state index is 10.5. The van der Waals surface area contributed by atoms with Crippen molar-refractivity contribution in [1.82, 2.24) is 15.1 Å². The van der Waals surface area contributed by atoms with E-state index in [-0.39, 0.29) is 35.3 Å². The fourth-order valence-electron chi connectivity index (χ4n) is 5.48. The van der Waals surface area contributed by atoms with Crippen LogP contribution in [0, 0.1) is 19.3 Å². The average Bonchev–Trinajstić information content (AvgIpc) is 3.27. The highest BCUT2D eigenvalue weighted by atomic mass is 28.4. The van der Waals surface area contributed by atoms with Gasteiger partial charge in [0, 0.05) is 35.8 Å². The van der Waals surface area contributed by atoms with Gasteiger partial charge in [-0.1, -0.05) is 58.8 Å². The minimum Gasteiger partial charge on any atom is -0.487 e. The number of hydrogen-bond acceptors (Lipinski definition) is 9. The lowest BCUT2D eigenvalue weighted by molar-refractivity contribution is -0.0110. The van der Waals surface area contributed by atoms with Crippen LogP contribution < -0.4 is 10.1 Å². The van der Waals surface area contributed by atoms with Crippen LogP contribution in [0.4, 0.5) is 5.82 Å². The normalized spacial score (nSPS) is 16.5. The summed E-state index contributed by atoms with van der Waals surface area (Å²) in [7, 11) is -2.01. The van der Waals surface area contributed by atoms with E-state index in [0.717, 1.165) is 29.7 Å². The molecule has 1 aromatic carbocycles. The van der Waals surface area contributed by atoms with Crippen LogP contribution in [0.2, 0.25) is 18.1 Å². The third kappa shape index (κ3) is 7.70. The molecule has 44 heavy (non-hydrogen) atoms.